The summed E-state index contributed by atoms with van der Waals surface area (Å²) in [6.07, 6.45) is 3.21. The zero-order chi connectivity index (χ0) is 17.1. The number of amides is 2. The first-order valence-electron chi connectivity index (χ1n) is 6.80. The van der Waals surface area contributed by atoms with Crippen molar-refractivity contribution in [3.8, 4) is 0 Å². The number of nitrogens with zero attached hydrogens (tertiary/aromatic N) is 2. The van der Waals surface area contributed by atoms with Gasteiger partial charge in [-0.1, -0.05) is 17.8 Å². The zero-order valence-electron chi connectivity index (χ0n) is 12.1. The number of thioether (sulfide) groups is 1. The summed E-state index contributed by atoms with van der Waals surface area (Å²) >= 11 is 6.20. The van der Waals surface area contributed by atoms with Crippen LogP contribution in [0.3, 0.4) is 0 Å². The Labute approximate surface area is 146 Å². The number of hydrogen-bond acceptors (Lipinski definition) is 5. The molecule has 2 heterocycles. The molecule has 2 amide bonds. The second-order valence-electron chi connectivity index (χ2n) is 4.72. The summed E-state index contributed by atoms with van der Waals surface area (Å²) in [4.78, 5) is 29.0. The van der Waals surface area contributed by atoms with Crippen molar-refractivity contribution in [3.05, 3.63) is 70.6 Å². The quantitative estimate of drug-likeness (QED) is 0.674. The lowest BCUT2D eigenvalue weighted by Gasteiger charge is -2.15. The van der Waals surface area contributed by atoms with Crippen molar-refractivity contribution in [2.24, 2.45) is 0 Å². The summed E-state index contributed by atoms with van der Waals surface area (Å²) in [6.45, 7) is 0. The van der Waals surface area contributed by atoms with Gasteiger partial charge in [-0.3, -0.25) is 20.0 Å². The van der Waals surface area contributed by atoms with Crippen molar-refractivity contribution < 1.29 is 14.0 Å². The Kier molecular flexibility index (Phi) is 4.68. The summed E-state index contributed by atoms with van der Waals surface area (Å²) in [5, 5.41) is 1.00. The van der Waals surface area contributed by atoms with Gasteiger partial charge in [0.1, 0.15) is 5.82 Å². The largest absolute Gasteiger partial charge is 0.285 e. The molecule has 2 aromatic rings. The van der Waals surface area contributed by atoms with Crippen molar-refractivity contribution in [3.63, 3.8) is 0 Å². The molecule has 1 fully saturated rings. The van der Waals surface area contributed by atoms with Gasteiger partial charge in [0.25, 0.3) is 11.8 Å². The molecule has 3 rings (SSSR count). The molecule has 0 aliphatic carbocycles. The molecule has 0 radical (unpaired) electrons. The van der Waals surface area contributed by atoms with Gasteiger partial charge in [-0.25, -0.2) is 4.39 Å². The van der Waals surface area contributed by atoms with Crippen LogP contribution in [0.15, 0.2) is 53.6 Å². The number of carbonyl (C=O) groups is 2. The highest BCUT2D eigenvalue weighted by atomic mass is 32.2. The molecule has 1 saturated heterocycles. The number of halogens is 1. The Morgan fingerprint density at radius 1 is 1.25 bits per heavy atom. The Hall–Kier alpha value is -2.58. The number of thiocarbonyl (C=S) groups is 1. The minimum absolute atomic E-state index is 0.206. The number of pyridine rings is 1. The molecule has 24 heavy (non-hydrogen) atoms. The molecular formula is C16H10FN3O2S2. The Morgan fingerprint density at radius 3 is 2.67 bits per heavy atom. The number of aromatic nitrogens is 1. The topological polar surface area (TPSA) is 62.3 Å². The molecular weight excluding hydrogens is 349 g/mol. The molecule has 8 heteroatoms. The average Bonchev–Trinajstić information content (AvgIpc) is 2.84. The molecule has 0 atom stereocenters. The van der Waals surface area contributed by atoms with Crippen LogP contribution in [0, 0.1) is 5.82 Å². The van der Waals surface area contributed by atoms with E-state index in [9.17, 15) is 14.0 Å². The minimum atomic E-state index is -0.551. The van der Waals surface area contributed by atoms with Gasteiger partial charge in [0, 0.05) is 11.8 Å². The molecule has 5 nitrogen and oxygen atoms in total. The second-order valence-corrected chi connectivity index (χ2v) is 6.40. The van der Waals surface area contributed by atoms with Crippen molar-refractivity contribution in [2.45, 2.75) is 0 Å². The van der Waals surface area contributed by atoms with Crippen molar-refractivity contribution in [1.29, 1.82) is 0 Å². The van der Waals surface area contributed by atoms with Gasteiger partial charge in [-0.05, 0) is 54.7 Å². The van der Waals surface area contributed by atoms with Crippen LogP contribution in [-0.4, -0.2) is 26.1 Å². The molecule has 0 spiro atoms. The Balaban J connectivity index is 1.76. The fourth-order valence-corrected chi connectivity index (χ4v) is 3.09. The molecule has 120 valence electrons. The van der Waals surface area contributed by atoms with Crippen LogP contribution in [0.4, 0.5) is 4.39 Å². The van der Waals surface area contributed by atoms with Gasteiger partial charge in [-0.2, -0.15) is 5.01 Å². The summed E-state index contributed by atoms with van der Waals surface area (Å²) in [7, 11) is 0. The lowest BCUT2D eigenvalue weighted by atomic mass is 10.2. The summed E-state index contributed by atoms with van der Waals surface area (Å²) < 4.78 is 13.1. The van der Waals surface area contributed by atoms with Crippen LogP contribution in [-0.2, 0) is 4.79 Å². The summed E-state index contributed by atoms with van der Waals surface area (Å²) in [5.41, 5.74) is 3.26. The normalized spacial score (nSPS) is 15.9. The molecule has 0 saturated carbocycles. The fraction of sp³-hybridized carbons (Fsp3) is 0. The first-order valence-corrected chi connectivity index (χ1v) is 8.02. The number of hydrazine groups is 1. The van der Waals surface area contributed by atoms with Crippen LogP contribution < -0.4 is 5.43 Å². The van der Waals surface area contributed by atoms with E-state index < -0.39 is 17.6 Å². The molecule has 1 aliphatic heterocycles. The number of benzene rings is 1. The van der Waals surface area contributed by atoms with E-state index in [4.69, 9.17) is 12.2 Å². The van der Waals surface area contributed by atoms with E-state index in [2.05, 4.69) is 10.4 Å². The van der Waals surface area contributed by atoms with Crippen molar-refractivity contribution >= 4 is 46.2 Å². The van der Waals surface area contributed by atoms with E-state index in [0.29, 0.717) is 10.6 Å². The third kappa shape index (κ3) is 3.50. The van der Waals surface area contributed by atoms with Gasteiger partial charge in [0.05, 0.1) is 10.6 Å². The minimum Gasteiger partial charge on any atom is -0.267 e. The predicted molar refractivity (Wildman–Crippen MR) is 93.1 cm³/mol. The standard InChI is InChI=1S/C16H10FN3O2S2/c17-11-6-4-10(5-7-11)14(21)19-20-15(22)13(24-16(20)23)9-12-3-1-2-8-18-12/h1-9H,(H,19,21). The Bertz CT molecular complexity index is 838. The van der Waals surface area contributed by atoms with E-state index in [1.54, 1.807) is 30.5 Å². The Morgan fingerprint density at radius 2 is 2.00 bits per heavy atom. The number of hydrogen-bond donors (Lipinski definition) is 1. The van der Waals surface area contributed by atoms with E-state index in [0.717, 1.165) is 16.8 Å². The van der Waals surface area contributed by atoms with Gasteiger partial charge in [0.2, 0.25) is 0 Å². The van der Waals surface area contributed by atoms with Crippen LogP contribution in [0.2, 0.25) is 0 Å². The molecule has 1 aliphatic rings. The van der Waals surface area contributed by atoms with E-state index in [-0.39, 0.29) is 9.88 Å². The molecule has 0 bridgehead atoms. The first kappa shape index (κ1) is 16.3. The maximum Gasteiger partial charge on any atom is 0.285 e. The predicted octanol–water partition coefficient (Wildman–Crippen LogP) is 2.77. The lowest BCUT2D eigenvalue weighted by Crippen LogP contribution is -2.44. The smallest absolute Gasteiger partial charge is 0.267 e. The first-order chi connectivity index (χ1) is 11.5. The highest BCUT2D eigenvalue weighted by molar-refractivity contribution is 8.26. The third-order valence-corrected chi connectivity index (χ3v) is 4.38. The number of nitrogens with one attached hydrogen (secondary N) is 1. The van der Waals surface area contributed by atoms with E-state index >= 15 is 0 Å². The zero-order valence-corrected chi connectivity index (χ0v) is 13.7. The maximum absolute atomic E-state index is 12.9. The monoisotopic (exact) mass is 359 g/mol. The molecule has 1 N–H and O–H groups in total. The molecule has 1 aromatic heterocycles. The van der Waals surface area contributed by atoms with Gasteiger partial charge < -0.3 is 0 Å². The van der Waals surface area contributed by atoms with Crippen LogP contribution >= 0.6 is 24.0 Å². The maximum atomic E-state index is 12.9. The molecule has 1 aromatic carbocycles. The van der Waals surface area contributed by atoms with Gasteiger partial charge in [0.15, 0.2) is 4.32 Å². The van der Waals surface area contributed by atoms with E-state index in [1.165, 1.54) is 24.3 Å². The van der Waals surface area contributed by atoms with Gasteiger partial charge in [-0.15, -0.1) is 0 Å². The average molecular weight is 359 g/mol. The summed E-state index contributed by atoms with van der Waals surface area (Å²) in [6, 6.07) is 10.3. The van der Waals surface area contributed by atoms with Crippen LogP contribution in [0.25, 0.3) is 6.08 Å². The number of rotatable bonds is 3. The summed E-state index contributed by atoms with van der Waals surface area (Å²) in [5.74, 6) is -1.44. The third-order valence-electron chi connectivity index (χ3n) is 3.08. The highest BCUT2D eigenvalue weighted by Crippen LogP contribution is 2.31. The van der Waals surface area contributed by atoms with Crippen LogP contribution in [0.1, 0.15) is 16.1 Å². The second kappa shape index (κ2) is 6.90. The van der Waals surface area contributed by atoms with Gasteiger partial charge >= 0.3 is 0 Å². The molecule has 0 unspecified atom stereocenters. The fourth-order valence-electron chi connectivity index (χ4n) is 1.93. The number of carbonyl (C=O) groups excluding carboxylic acids is 2. The van der Waals surface area contributed by atoms with Crippen molar-refractivity contribution in [2.75, 3.05) is 0 Å². The lowest BCUT2D eigenvalue weighted by molar-refractivity contribution is -0.123. The highest BCUT2D eigenvalue weighted by Gasteiger charge is 2.33. The van der Waals surface area contributed by atoms with Crippen LogP contribution in [0.5, 0.6) is 0 Å². The van der Waals surface area contributed by atoms with E-state index in [1.807, 2.05) is 0 Å². The SMILES string of the molecule is O=C(NN1C(=O)C(=Cc2ccccn2)SC1=S)c1ccc(F)cc1. The van der Waals surface area contributed by atoms with Crippen molar-refractivity contribution in [1.82, 2.24) is 15.4 Å².